The summed E-state index contributed by atoms with van der Waals surface area (Å²) in [4.78, 5) is 4.77. The summed E-state index contributed by atoms with van der Waals surface area (Å²) in [6.07, 6.45) is 0. The summed E-state index contributed by atoms with van der Waals surface area (Å²) in [5.74, 6) is 0.834. The molecule has 124 valence electrons. The third kappa shape index (κ3) is 2.66. The van der Waals surface area contributed by atoms with Gasteiger partial charge in [0.2, 0.25) is 0 Å². The molecule has 0 saturated heterocycles. The zero-order valence-corrected chi connectivity index (χ0v) is 14.5. The molecule has 0 N–H and O–H groups in total. The number of hydrogen-bond donors (Lipinski definition) is 0. The topological polar surface area (TPSA) is 39.9 Å². The van der Waals surface area contributed by atoms with Crippen LogP contribution in [0.1, 0.15) is 11.3 Å². The van der Waals surface area contributed by atoms with Gasteiger partial charge in [-0.25, -0.2) is 9.67 Å². The van der Waals surface area contributed by atoms with E-state index in [1.807, 2.05) is 66.2 Å². The molecule has 0 radical (unpaired) electrons. The van der Waals surface area contributed by atoms with Crippen LogP contribution in [0.25, 0.3) is 28.0 Å². The zero-order valence-electron chi connectivity index (χ0n) is 14.5. The van der Waals surface area contributed by atoms with Crippen molar-refractivity contribution < 1.29 is 4.74 Å². The molecule has 0 aliphatic heterocycles. The number of pyridine rings is 1. The van der Waals surface area contributed by atoms with Crippen molar-refractivity contribution in [3.63, 3.8) is 0 Å². The summed E-state index contributed by atoms with van der Waals surface area (Å²) in [6, 6.07) is 20.2. The van der Waals surface area contributed by atoms with Crippen molar-refractivity contribution >= 4 is 11.0 Å². The minimum Gasteiger partial charge on any atom is -0.497 e. The van der Waals surface area contributed by atoms with Gasteiger partial charge in [0.1, 0.15) is 11.4 Å². The van der Waals surface area contributed by atoms with Gasteiger partial charge in [0.25, 0.3) is 0 Å². The Morgan fingerprint density at radius 1 is 0.920 bits per heavy atom. The van der Waals surface area contributed by atoms with Crippen molar-refractivity contribution in [1.29, 1.82) is 0 Å². The molecule has 0 bridgehead atoms. The fourth-order valence-electron chi connectivity index (χ4n) is 3.16. The number of ether oxygens (including phenoxy) is 1. The average Bonchev–Trinajstić information content (AvgIpc) is 3.02. The fraction of sp³-hybridized carbons (Fsp3) is 0.143. The Labute approximate surface area is 146 Å². The van der Waals surface area contributed by atoms with Crippen molar-refractivity contribution in [1.82, 2.24) is 14.8 Å². The number of rotatable bonds is 3. The first-order valence-corrected chi connectivity index (χ1v) is 8.24. The van der Waals surface area contributed by atoms with Crippen LogP contribution in [0.4, 0.5) is 0 Å². The molecule has 25 heavy (non-hydrogen) atoms. The van der Waals surface area contributed by atoms with Gasteiger partial charge in [-0.3, -0.25) is 0 Å². The lowest BCUT2D eigenvalue weighted by molar-refractivity contribution is 0.415. The molecule has 0 unspecified atom stereocenters. The first-order valence-electron chi connectivity index (χ1n) is 8.24. The van der Waals surface area contributed by atoms with Crippen molar-refractivity contribution in [3.8, 4) is 22.7 Å². The SMILES string of the molecule is COc1ccc(-c2nn(-c3ccccc3)c3nc(C)cc(C)c23)cc1. The standard InChI is InChI=1S/C21H19N3O/c1-14-13-15(2)22-21-19(14)20(16-9-11-18(25-3)12-10-16)23-24(21)17-7-5-4-6-8-17/h4-13H,1-3H3. The molecule has 4 rings (SSSR count). The van der Waals surface area contributed by atoms with E-state index in [1.165, 1.54) is 5.56 Å². The molecule has 0 aliphatic rings. The summed E-state index contributed by atoms with van der Waals surface area (Å²) < 4.78 is 7.19. The number of methoxy groups -OCH3 is 1. The van der Waals surface area contributed by atoms with E-state index in [2.05, 4.69) is 13.0 Å². The van der Waals surface area contributed by atoms with E-state index in [0.29, 0.717) is 0 Å². The Kier molecular flexibility index (Phi) is 3.73. The highest BCUT2D eigenvalue weighted by atomic mass is 16.5. The van der Waals surface area contributed by atoms with Gasteiger partial charge in [0.05, 0.1) is 18.2 Å². The van der Waals surface area contributed by atoms with Crippen LogP contribution in [0.2, 0.25) is 0 Å². The third-order valence-corrected chi connectivity index (χ3v) is 4.33. The first kappa shape index (κ1) is 15.4. The number of para-hydroxylation sites is 1. The summed E-state index contributed by atoms with van der Waals surface area (Å²) in [7, 11) is 1.67. The van der Waals surface area contributed by atoms with Crippen LogP contribution in [0.3, 0.4) is 0 Å². The molecule has 2 heterocycles. The van der Waals surface area contributed by atoms with Crippen LogP contribution in [-0.2, 0) is 0 Å². The number of aryl methyl sites for hydroxylation is 2. The Morgan fingerprint density at radius 2 is 1.64 bits per heavy atom. The van der Waals surface area contributed by atoms with E-state index in [0.717, 1.165) is 39.4 Å². The van der Waals surface area contributed by atoms with E-state index in [-0.39, 0.29) is 0 Å². The summed E-state index contributed by atoms with van der Waals surface area (Å²) in [5, 5.41) is 5.98. The molecule has 4 heteroatoms. The molecular weight excluding hydrogens is 310 g/mol. The van der Waals surface area contributed by atoms with E-state index < -0.39 is 0 Å². The minimum atomic E-state index is 0.834. The molecular formula is C21H19N3O. The molecule has 2 aromatic carbocycles. The van der Waals surface area contributed by atoms with E-state index >= 15 is 0 Å². The molecule has 0 spiro atoms. The molecule has 2 aromatic heterocycles. The molecule has 4 nitrogen and oxygen atoms in total. The second-order valence-electron chi connectivity index (χ2n) is 6.10. The van der Waals surface area contributed by atoms with E-state index in [1.54, 1.807) is 7.11 Å². The maximum absolute atomic E-state index is 5.27. The Morgan fingerprint density at radius 3 is 2.32 bits per heavy atom. The second kappa shape index (κ2) is 6.06. The molecule has 0 atom stereocenters. The fourth-order valence-corrected chi connectivity index (χ4v) is 3.16. The van der Waals surface area contributed by atoms with Gasteiger partial charge in [-0.2, -0.15) is 5.10 Å². The van der Waals surface area contributed by atoms with E-state index in [4.69, 9.17) is 14.8 Å². The number of nitrogens with zero attached hydrogens (tertiary/aromatic N) is 3. The molecule has 0 fully saturated rings. The van der Waals surface area contributed by atoms with Gasteiger partial charge in [0.15, 0.2) is 5.65 Å². The van der Waals surface area contributed by atoms with Gasteiger partial charge in [0, 0.05) is 11.3 Å². The number of hydrogen-bond acceptors (Lipinski definition) is 3. The monoisotopic (exact) mass is 329 g/mol. The highest BCUT2D eigenvalue weighted by Crippen LogP contribution is 2.32. The van der Waals surface area contributed by atoms with Crippen LogP contribution in [0.5, 0.6) is 5.75 Å². The lowest BCUT2D eigenvalue weighted by atomic mass is 10.1. The van der Waals surface area contributed by atoms with Gasteiger partial charge in [-0.05, 0) is 61.9 Å². The summed E-state index contributed by atoms with van der Waals surface area (Å²) >= 11 is 0. The maximum Gasteiger partial charge on any atom is 0.164 e. The molecule has 0 saturated carbocycles. The van der Waals surface area contributed by atoms with Crippen molar-refractivity contribution in [2.45, 2.75) is 13.8 Å². The predicted octanol–water partition coefficient (Wildman–Crippen LogP) is 4.71. The van der Waals surface area contributed by atoms with Crippen molar-refractivity contribution in [2.24, 2.45) is 0 Å². The number of benzene rings is 2. The average molecular weight is 329 g/mol. The first-order chi connectivity index (χ1) is 12.2. The maximum atomic E-state index is 5.27. The van der Waals surface area contributed by atoms with Gasteiger partial charge in [-0.1, -0.05) is 18.2 Å². The zero-order chi connectivity index (χ0) is 17.4. The van der Waals surface area contributed by atoms with Crippen LogP contribution < -0.4 is 4.74 Å². The Hall–Kier alpha value is -3.14. The molecule has 4 aromatic rings. The highest BCUT2D eigenvalue weighted by Gasteiger charge is 2.17. The predicted molar refractivity (Wildman–Crippen MR) is 100 cm³/mol. The van der Waals surface area contributed by atoms with Crippen molar-refractivity contribution in [2.75, 3.05) is 7.11 Å². The summed E-state index contributed by atoms with van der Waals surface area (Å²) in [6.45, 7) is 4.13. The molecule has 0 aliphatic carbocycles. The second-order valence-corrected chi connectivity index (χ2v) is 6.10. The number of aromatic nitrogens is 3. The van der Waals surface area contributed by atoms with E-state index in [9.17, 15) is 0 Å². The van der Waals surface area contributed by atoms with Gasteiger partial charge < -0.3 is 4.74 Å². The minimum absolute atomic E-state index is 0.834. The third-order valence-electron chi connectivity index (χ3n) is 4.33. The Bertz CT molecular complexity index is 1030. The largest absolute Gasteiger partial charge is 0.497 e. The Balaban J connectivity index is 2.01. The molecule has 0 amide bonds. The van der Waals surface area contributed by atoms with Crippen LogP contribution in [-0.4, -0.2) is 21.9 Å². The van der Waals surface area contributed by atoms with Crippen LogP contribution >= 0.6 is 0 Å². The normalized spacial score (nSPS) is 11.0. The summed E-state index contributed by atoms with van der Waals surface area (Å²) in [5.41, 5.74) is 6.04. The van der Waals surface area contributed by atoms with Gasteiger partial charge in [-0.15, -0.1) is 0 Å². The smallest absolute Gasteiger partial charge is 0.164 e. The van der Waals surface area contributed by atoms with Crippen molar-refractivity contribution in [3.05, 3.63) is 71.9 Å². The quantitative estimate of drug-likeness (QED) is 0.546. The van der Waals surface area contributed by atoms with Gasteiger partial charge >= 0.3 is 0 Å². The van der Waals surface area contributed by atoms with Crippen LogP contribution in [0, 0.1) is 13.8 Å². The lowest BCUT2D eigenvalue weighted by Crippen LogP contribution is -1.98. The highest BCUT2D eigenvalue weighted by molar-refractivity contribution is 5.94. The van der Waals surface area contributed by atoms with Crippen LogP contribution in [0.15, 0.2) is 60.7 Å². The number of fused-ring (bicyclic) bond motifs is 1. The lowest BCUT2D eigenvalue weighted by Gasteiger charge is -2.04.